The first-order chi connectivity index (χ1) is 10.2. The van der Waals surface area contributed by atoms with Crippen molar-refractivity contribution in [2.45, 2.75) is 33.4 Å². The summed E-state index contributed by atoms with van der Waals surface area (Å²) >= 11 is 1.78. The van der Waals surface area contributed by atoms with Crippen molar-refractivity contribution in [3.8, 4) is 0 Å². The Morgan fingerprint density at radius 1 is 1.38 bits per heavy atom. The Morgan fingerprint density at radius 2 is 2.24 bits per heavy atom. The van der Waals surface area contributed by atoms with Gasteiger partial charge in [0.1, 0.15) is 0 Å². The monoisotopic (exact) mass is 313 g/mol. The maximum absolute atomic E-state index is 5.52. The quantitative estimate of drug-likeness (QED) is 0.837. The van der Waals surface area contributed by atoms with Crippen molar-refractivity contribution >= 4 is 16.5 Å². The predicted octanol–water partition coefficient (Wildman–Crippen LogP) is 2.26. The van der Waals surface area contributed by atoms with Crippen molar-refractivity contribution in [1.82, 2.24) is 10.3 Å². The zero-order valence-corrected chi connectivity index (χ0v) is 14.2. The number of nitrogens with one attached hydrogen (secondary N) is 1. The second kappa shape index (κ2) is 8.68. The van der Waals surface area contributed by atoms with Crippen LogP contribution in [-0.4, -0.2) is 44.9 Å². The standard InChI is InChI=1S/C15H27N3O2S/c1-12(2)9-16-10-14-13(11-19-3)17-15(21-14)18-5-4-7-20-8-6-18/h12,16H,4-11H2,1-3H3. The molecule has 1 N–H and O–H groups in total. The second-order valence-corrected chi connectivity index (χ2v) is 6.84. The largest absolute Gasteiger partial charge is 0.380 e. The average Bonchev–Trinajstić information content (AvgIpc) is 2.68. The second-order valence-electron chi connectivity index (χ2n) is 5.78. The number of thiazole rings is 1. The van der Waals surface area contributed by atoms with Crippen molar-refractivity contribution in [1.29, 1.82) is 0 Å². The predicted molar refractivity (Wildman–Crippen MR) is 87.0 cm³/mol. The van der Waals surface area contributed by atoms with Gasteiger partial charge < -0.3 is 19.7 Å². The fourth-order valence-corrected chi connectivity index (χ4v) is 3.39. The minimum atomic E-state index is 0.583. The van der Waals surface area contributed by atoms with Crippen molar-refractivity contribution in [3.05, 3.63) is 10.6 Å². The highest BCUT2D eigenvalue weighted by atomic mass is 32.1. The van der Waals surface area contributed by atoms with E-state index in [1.54, 1.807) is 18.4 Å². The minimum Gasteiger partial charge on any atom is -0.380 e. The van der Waals surface area contributed by atoms with E-state index in [2.05, 4.69) is 24.1 Å². The smallest absolute Gasteiger partial charge is 0.185 e. The number of ether oxygens (including phenoxy) is 2. The van der Waals surface area contributed by atoms with Crippen LogP contribution in [0.1, 0.15) is 30.8 Å². The van der Waals surface area contributed by atoms with E-state index >= 15 is 0 Å². The lowest BCUT2D eigenvalue weighted by Crippen LogP contribution is -2.25. The molecule has 1 aliphatic heterocycles. The van der Waals surface area contributed by atoms with E-state index in [4.69, 9.17) is 14.5 Å². The Balaban J connectivity index is 2.03. The van der Waals surface area contributed by atoms with Crippen LogP contribution in [0.25, 0.3) is 0 Å². The van der Waals surface area contributed by atoms with Gasteiger partial charge in [0, 0.05) is 38.2 Å². The Hall–Kier alpha value is -0.690. The first-order valence-corrected chi connectivity index (χ1v) is 8.53. The van der Waals surface area contributed by atoms with E-state index in [1.807, 2.05) is 0 Å². The van der Waals surface area contributed by atoms with Gasteiger partial charge in [0.05, 0.1) is 18.9 Å². The molecule has 0 spiro atoms. The third-order valence-electron chi connectivity index (χ3n) is 3.38. The fourth-order valence-electron chi connectivity index (χ4n) is 2.30. The maximum atomic E-state index is 5.52. The number of hydrogen-bond acceptors (Lipinski definition) is 6. The molecule has 6 heteroatoms. The SMILES string of the molecule is COCc1nc(N2CCCOCC2)sc1CNCC(C)C. The van der Waals surface area contributed by atoms with E-state index in [0.29, 0.717) is 12.5 Å². The van der Waals surface area contributed by atoms with Gasteiger partial charge in [0.25, 0.3) is 0 Å². The van der Waals surface area contributed by atoms with Crippen LogP contribution in [0.3, 0.4) is 0 Å². The molecule has 1 aromatic rings. The van der Waals surface area contributed by atoms with Crippen LogP contribution < -0.4 is 10.2 Å². The van der Waals surface area contributed by atoms with Crippen molar-refractivity contribution < 1.29 is 9.47 Å². The van der Waals surface area contributed by atoms with E-state index in [1.165, 1.54) is 4.88 Å². The van der Waals surface area contributed by atoms with Crippen LogP contribution in [0.2, 0.25) is 0 Å². The average molecular weight is 313 g/mol. The minimum absolute atomic E-state index is 0.583. The number of hydrogen-bond donors (Lipinski definition) is 1. The third kappa shape index (κ3) is 5.21. The molecule has 0 saturated carbocycles. The summed E-state index contributed by atoms with van der Waals surface area (Å²) in [4.78, 5) is 8.41. The van der Waals surface area contributed by atoms with Crippen molar-refractivity contribution in [2.24, 2.45) is 5.92 Å². The van der Waals surface area contributed by atoms with E-state index in [-0.39, 0.29) is 0 Å². The molecule has 0 atom stereocenters. The lowest BCUT2D eigenvalue weighted by molar-refractivity contribution is 0.152. The number of methoxy groups -OCH3 is 1. The molecule has 0 aromatic carbocycles. The summed E-state index contributed by atoms with van der Waals surface area (Å²) in [5.41, 5.74) is 1.07. The Morgan fingerprint density at radius 3 is 3.00 bits per heavy atom. The molecule has 5 nitrogen and oxygen atoms in total. The van der Waals surface area contributed by atoms with Gasteiger partial charge >= 0.3 is 0 Å². The summed E-state index contributed by atoms with van der Waals surface area (Å²) in [6.45, 7) is 10.5. The molecular weight excluding hydrogens is 286 g/mol. The van der Waals surface area contributed by atoms with Crippen LogP contribution in [0.15, 0.2) is 0 Å². The van der Waals surface area contributed by atoms with Crippen LogP contribution in [0, 0.1) is 5.92 Å². The molecule has 1 aliphatic rings. The number of nitrogens with zero attached hydrogens (tertiary/aromatic N) is 2. The first-order valence-electron chi connectivity index (χ1n) is 7.71. The molecule has 1 fully saturated rings. The first kappa shape index (κ1) is 16.7. The molecule has 120 valence electrons. The maximum Gasteiger partial charge on any atom is 0.185 e. The van der Waals surface area contributed by atoms with Gasteiger partial charge in [-0.25, -0.2) is 4.98 Å². The van der Waals surface area contributed by atoms with Crippen LogP contribution >= 0.6 is 11.3 Å². The molecule has 0 unspecified atom stereocenters. The highest BCUT2D eigenvalue weighted by molar-refractivity contribution is 7.15. The van der Waals surface area contributed by atoms with Crippen molar-refractivity contribution in [3.63, 3.8) is 0 Å². The lowest BCUT2D eigenvalue weighted by atomic mass is 10.2. The molecule has 0 aliphatic carbocycles. The van der Waals surface area contributed by atoms with Gasteiger partial charge in [-0.05, 0) is 18.9 Å². The van der Waals surface area contributed by atoms with E-state index < -0.39 is 0 Å². The molecule has 21 heavy (non-hydrogen) atoms. The normalized spacial score (nSPS) is 16.5. The molecule has 0 radical (unpaired) electrons. The van der Waals surface area contributed by atoms with E-state index in [0.717, 1.165) is 56.6 Å². The lowest BCUT2D eigenvalue weighted by Gasteiger charge is -2.17. The molecule has 2 heterocycles. The van der Waals surface area contributed by atoms with Crippen LogP contribution in [0.4, 0.5) is 5.13 Å². The molecule has 1 aromatic heterocycles. The number of aromatic nitrogens is 1. The van der Waals surface area contributed by atoms with Gasteiger partial charge in [0.15, 0.2) is 5.13 Å². The topological polar surface area (TPSA) is 46.6 Å². The summed E-state index contributed by atoms with van der Waals surface area (Å²) in [7, 11) is 1.73. The van der Waals surface area contributed by atoms with Gasteiger partial charge in [-0.15, -0.1) is 11.3 Å². The highest BCUT2D eigenvalue weighted by Crippen LogP contribution is 2.27. The van der Waals surface area contributed by atoms with Gasteiger partial charge in [-0.2, -0.15) is 0 Å². The summed E-state index contributed by atoms with van der Waals surface area (Å²) in [5, 5.41) is 4.61. The van der Waals surface area contributed by atoms with E-state index in [9.17, 15) is 0 Å². The Bertz CT molecular complexity index is 415. The Kier molecular flexibility index (Phi) is 6.89. The summed E-state index contributed by atoms with van der Waals surface area (Å²) in [5.74, 6) is 0.658. The van der Waals surface area contributed by atoms with Crippen LogP contribution in [-0.2, 0) is 22.6 Å². The molecule has 2 rings (SSSR count). The van der Waals surface area contributed by atoms with Crippen LogP contribution in [0.5, 0.6) is 0 Å². The van der Waals surface area contributed by atoms with Crippen molar-refractivity contribution in [2.75, 3.05) is 44.9 Å². The number of rotatable bonds is 7. The third-order valence-corrected chi connectivity index (χ3v) is 4.54. The molecule has 1 saturated heterocycles. The Labute approximate surface area is 131 Å². The highest BCUT2D eigenvalue weighted by Gasteiger charge is 2.17. The summed E-state index contributed by atoms with van der Waals surface area (Å²) < 4.78 is 10.8. The zero-order chi connectivity index (χ0) is 15.1. The summed E-state index contributed by atoms with van der Waals surface area (Å²) in [6.07, 6.45) is 1.07. The molecule has 0 amide bonds. The fraction of sp³-hybridized carbons (Fsp3) is 0.800. The summed E-state index contributed by atoms with van der Waals surface area (Å²) in [6, 6.07) is 0. The zero-order valence-electron chi connectivity index (χ0n) is 13.4. The van der Waals surface area contributed by atoms with Gasteiger partial charge in [-0.1, -0.05) is 13.8 Å². The number of anilines is 1. The van der Waals surface area contributed by atoms with Gasteiger partial charge in [0.2, 0.25) is 0 Å². The van der Waals surface area contributed by atoms with Gasteiger partial charge in [-0.3, -0.25) is 0 Å². The molecular formula is C15H27N3O2S. The molecule has 0 bridgehead atoms.